The Labute approximate surface area is 57.0 Å². The van der Waals surface area contributed by atoms with Crippen LogP contribution in [0.25, 0.3) is 4.85 Å². The topological polar surface area (TPSA) is 4.36 Å². The van der Waals surface area contributed by atoms with Gasteiger partial charge in [-0.25, -0.2) is 0 Å². The molecule has 0 spiro atoms. The van der Waals surface area contributed by atoms with Crippen LogP contribution in [0.1, 0.15) is 13.8 Å². The van der Waals surface area contributed by atoms with Gasteiger partial charge in [-0.05, 0) is 0 Å². The quantitative estimate of drug-likeness (QED) is 0.376. The minimum atomic E-state index is -6.00. The van der Waals surface area contributed by atoms with Gasteiger partial charge in [0.05, 0.1) is 6.92 Å². The van der Waals surface area contributed by atoms with Crippen LogP contribution in [0.4, 0.5) is 17.3 Å². The van der Waals surface area contributed by atoms with Crippen molar-refractivity contribution in [2.24, 2.45) is 0 Å². The molecule has 6 heteroatoms. The van der Waals surface area contributed by atoms with Crippen LogP contribution in [-0.2, 0) is 0 Å². The first kappa shape index (κ1) is 12.0. The molecule has 0 aromatic carbocycles. The Balaban J connectivity index is 0. The van der Waals surface area contributed by atoms with Crippen LogP contribution in [0, 0.1) is 6.07 Å². The van der Waals surface area contributed by atoms with Crippen LogP contribution in [0.2, 0.25) is 0 Å². The SMILES string of the molecule is CC#[N+]CC.F[B-](F)(F)F. The van der Waals surface area contributed by atoms with Crippen LogP contribution >= 0.6 is 0 Å². The Bertz CT molecular complexity index is 115. The predicted molar refractivity (Wildman–Crippen MR) is 33.6 cm³/mol. The van der Waals surface area contributed by atoms with Gasteiger partial charge in [0.1, 0.15) is 0 Å². The van der Waals surface area contributed by atoms with Crippen molar-refractivity contribution in [1.29, 1.82) is 0 Å². The molecule has 0 aromatic heterocycles. The average Bonchev–Trinajstić information content (AvgIpc) is 1.63. The highest BCUT2D eigenvalue weighted by molar-refractivity contribution is 6.50. The largest absolute Gasteiger partial charge is 0.673 e. The molecule has 0 fully saturated rings. The van der Waals surface area contributed by atoms with Crippen molar-refractivity contribution >= 4 is 7.25 Å². The van der Waals surface area contributed by atoms with E-state index in [4.69, 9.17) is 0 Å². The average molecular weight is 157 g/mol. The number of rotatable bonds is 0. The summed E-state index contributed by atoms with van der Waals surface area (Å²) in [5, 5.41) is 0. The minimum Gasteiger partial charge on any atom is -0.418 e. The van der Waals surface area contributed by atoms with Crippen molar-refractivity contribution in [2.45, 2.75) is 13.8 Å². The second-order valence-corrected chi connectivity index (χ2v) is 1.19. The first-order valence-electron chi connectivity index (χ1n) is 2.62. The summed E-state index contributed by atoms with van der Waals surface area (Å²) in [7, 11) is -6.00. The van der Waals surface area contributed by atoms with Crippen LogP contribution in [0.3, 0.4) is 0 Å². The summed E-state index contributed by atoms with van der Waals surface area (Å²) in [6.45, 7) is 4.64. The molecule has 0 saturated carbocycles. The zero-order valence-electron chi connectivity index (χ0n) is 5.74. The molecule has 0 unspecified atom stereocenters. The third kappa shape index (κ3) is 176. The van der Waals surface area contributed by atoms with Crippen LogP contribution in [0.15, 0.2) is 0 Å². The molecule has 10 heavy (non-hydrogen) atoms. The summed E-state index contributed by atoms with van der Waals surface area (Å²) >= 11 is 0. The fourth-order valence-corrected chi connectivity index (χ4v) is 0.158. The van der Waals surface area contributed by atoms with Gasteiger partial charge in [-0.2, -0.15) is 0 Å². The van der Waals surface area contributed by atoms with E-state index < -0.39 is 7.25 Å². The molecule has 0 bridgehead atoms. The van der Waals surface area contributed by atoms with Crippen molar-refractivity contribution in [3.63, 3.8) is 0 Å². The maximum atomic E-state index is 9.75. The van der Waals surface area contributed by atoms with E-state index in [1.54, 1.807) is 6.92 Å². The third-order valence-electron chi connectivity index (χ3n) is 0.316. The summed E-state index contributed by atoms with van der Waals surface area (Å²) < 4.78 is 39.0. The van der Waals surface area contributed by atoms with E-state index in [1.807, 2.05) is 6.92 Å². The zero-order chi connectivity index (χ0) is 8.62. The lowest BCUT2D eigenvalue weighted by Crippen LogP contribution is -2.02. The molecular formula is C4H8BF4N. The van der Waals surface area contributed by atoms with Gasteiger partial charge < -0.3 is 17.3 Å². The molecule has 0 radical (unpaired) electrons. The van der Waals surface area contributed by atoms with Crippen molar-refractivity contribution in [3.05, 3.63) is 4.85 Å². The van der Waals surface area contributed by atoms with Gasteiger partial charge in [-0.15, -0.1) is 0 Å². The Morgan fingerprint density at radius 2 is 1.60 bits per heavy atom. The highest BCUT2D eigenvalue weighted by Gasteiger charge is 2.20. The van der Waals surface area contributed by atoms with Gasteiger partial charge >= 0.3 is 7.25 Å². The van der Waals surface area contributed by atoms with Crippen molar-refractivity contribution < 1.29 is 17.3 Å². The smallest absolute Gasteiger partial charge is 0.418 e. The van der Waals surface area contributed by atoms with Crippen molar-refractivity contribution in [3.8, 4) is 6.07 Å². The standard InChI is InChI=1S/C4H8N.BF4/c1-3-5-4-2;2-1(3,4)5/h3H2,1-2H3;/q+1;-1. The fraction of sp³-hybridized carbons (Fsp3) is 0.750. The number of hydrogen-bond acceptors (Lipinski definition) is 0. The molecule has 0 atom stereocenters. The molecule has 0 amide bonds. The molecule has 60 valence electrons. The van der Waals surface area contributed by atoms with Gasteiger partial charge in [0.15, 0.2) is 0 Å². The Morgan fingerprint density at radius 1 is 1.30 bits per heavy atom. The summed E-state index contributed by atoms with van der Waals surface area (Å²) in [6, 6.07) is 2.64. The summed E-state index contributed by atoms with van der Waals surface area (Å²) in [5.74, 6) is 0. The van der Waals surface area contributed by atoms with E-state index in [1.165, 1.54) is 0 Å². The molecule has 0 heterocycles. The Morgan fingerprint density at radius 3 is 1.60 bits per heavy atom. The highest BCUT2D eigenvalue weighted by atomic mass is 19.5. The number of nitrogens with zero attached hydrogens (tertiary/aromatic N) is 1. The van der Waals surface area contributed by atoms with E-state index in [-0.39, 0.29) is 0 Å². The fourth-order valence-electron chi connectivity index (χ4n) is 0.158. The molecule has 0 aliphatic carbocycles. The summed E-state index contributed by atoms with van der Waals surface area (Å²) in [6.07, 6.45) is 0. The van der Waals surface area contributed by atoms with Gasteiger partial charge in [-0.1, -0.05) is 4.85 Å². The zero-order valence-corrected chi connectivity index (χ0v) is 5.74. The van der Waals surface area contributed by atoms with Gasteiger partial charge in [0.25, 0.3) is 12.6 Å². The molecule has 0 aromatic rings. The van der Waals surface area contributed by atoms with Crippen molar-refractivity contribution in [2.75, 3.05) is 6.54 Å². The predicted octanol–water partition coefficient (Wildman–Crippen LogP) is 2.66. The van der Waals surface area contributed by atoms with Crippen molar-refractivity contribution in [1.82, 2.24) is 0 Å². The highest BCUT2D eigenvalue weighted by Crippen LogP contribution is 2.06. The summed E-state index contributed by atoms with van der Waals surface area (Å²) in [4.78, 5) is 3.72. The molecule has 0 saturated heterocycles. The molecule has 0 aliphatic rings. The molecule has 0 N–H and O–H groups in total. The molecule has 1 nitrogen and oxygen atoms in total. The summed E-state index contributed by atoms with van der Waals surface area (Å²) in [5.41, 5.74) is 0. The number of halogens is 4. The normalized spacial score (nSPS) is 8.60. The first-order chi connectivity index (χ1) is 4.41. The molecule has 0 aliphatic heterocycles. The van der Waals surface area contributed by atoms with E-state index in [0.717, 1.165) is 6.54 Å². The second-order valence-electron chi connectivity index (χ2n) is 1.19. The van der Waals surface area contributed by atoms with Crippen LogP contribution < -0.4 is 0 Å². The maximum absolute atomic E-state index is 9.75. The minimum absolute atomic E-state index is 0.858. The van der Waals surface area contributed by atoms with E-state index in [0.29, 0.717) is 0 Å². The van der Waals surface area contributed by atoms with Crippen LogP contribution in [-0.4, -0.2) is 13.8 Å². The third-order valence-corrected chi connectivity index (χ3v) is 0.316. The maximum Gasteiger partial charge on any atom is 0.673 e. The van der Waals surface area contributed by atoms with E-state index in [2.05, 4.69) is 10.9 Å². The first-order valence-corrected chi connectivity index (χ1v) is 2.62. The second kappa shape index (κ2) is 6.40. The Kier molecular flexibility index (Phi) is 7.67. The monoisotopic (exact) mass is 157 g/mol. The lowest BCUT2D eigenvalue weighted by Gasteiger charge is -1.94. The lowest BCUT2D eigenvalue weighted by molar-refractivity contribution is 0.368. The van der Waals surface area contributed by atoms with Crippen LogP contribution in [0.5, 0.6) is 0 Å². The van der Waals surface area contributed by atoms with Gasteiger partial charge in [0, 0.05) is 6.92 Å². The molecular weight excluding hydrogens is 149 g/mol. The van der Waals surface area contributed by atoms with Gasteiger partial charge in [-0.3, -0.25) is 0 Å². The van der Waals surface area contributed by atoms with E-state index in [9.17, 15) is 17.3 Å². The Hall–Kier alpha value is -0.725. The van der Waals surface area contributed by atoms with Gasteiger partial charge in [0.2, 0.25) is 0 Å². The molecule has 0 rings (SSSR count). The van der Waals surface area contributed by atoms with E-state index >= 15 is 0 Å². The number of hydrogen-bond donors (Lipinski definition) is 0. The lowest BCUT2D eigenvalue weighted by atomic mass is 10.3.